The molecule has 3 heteroatoms. The second-order valence-electron chi connectivity index (χ2n) is 16.0. The number of nitrogens with zero attached hydrogens (tertiary/aromatic N) is 2. The van der Waals surface area contributed by atoms with Crippen molar-refractivity contribution in [2.45, 2.75) is 12.8 Å². The lowest BCUT2D eigenvalue weighted by atomic mass is 9.92. The van der Waals surface area contributed by atoms with Gasteiger partial charge < -0.3 is 9.47 Å². The molecule has 0 saturated carbocycles. The van der Waals surface area contributed by atoms with Crippen LogP contribution >= 0.6 is 11.3 Å². The van der Waals surface area contributed by atoms with E-state index in [2.05, 4.69) is 228 Å². The van der Waals surface area contributed by atoms with Gasteiger partial charge >= 0.3 is 0 Å². The lowest BCUT2D eigenvalue weighted by Crippen LogP contribution is -2.11. The fourth-order valence-electron chi connectivity index (χ4n) is 9.55. The Bertz CT molecular complexity index is 3440. The minimum atomic E-state index is 1.09. The summed E-state index contributed by atoms with van der Waals surface area (Å²) in [6, 6.07) is 76.0. The first-order valence-electron chi connectivity index (χ1n) is 21.1. The lowest BCUT2D eigenvalue weighted by Gasteiger charge is -2.28. The summed E-state index contributed by atoms with van der Waals surface area (Å²) in [6.45, 7) is 0. The van der Waals surface area contributed by atoms with Crippen LogP contribution < -0.4 is 4.90 Å². The molecule has 0 bridgehead atoms. The second kappa shape index (κ2) is 14.7. The Balaban J connectivity index is 1.01. The highest BCUT2D eigenvalue weighted by atomic mass is 32.1. The van der Waals surface area contributed by atoms with Crippen LogP contribution in [0.1, 0.15) is 17.5 Å². The first-order valence-corrected chi connectivity index (χ1v) is 22.0. The van der Waals surface area contributed by atoms with Crippen LogP contribution in [-0.2, 0) is 6.42 Å². The Labute approximate surface area is 359 Å². The molecule has 1 aliphatic rings. The average Bonchev–Trinajstić information content (AvgIpc) is 3.88. The van der Waals surface area contributed by atoms with Crippen molar-refractivity contribution in [2.75, 3.05) is 4.90 Å². The number of aromatic nitrogens is 1. The topological polar surface area (TPSA) is 8.17 Å². The molecular weight excluding hydrogens is 757 g/mol. The predicted molar refractivity (Wildman–Crippen MR) is 262 cm³/mol. The number of allylic oxidation sites excluding steroid dienone is 1. The molecule has 0 amide bonds. The van der Waals surface area contributed by atoms with Gasteiger partial charge in [-0.1, -0.05) is 158 Å². The summed E-state index contributed by atoms with van der Waals surface area (Å²) in [5.74, 6) is 0. The van der Waals surface area contributed by atoms with E-state index in [1.165, 1.54) is 86.5 Å². The van der Waals surface area contributed by atoms with Gasteiger partial charge in [-0.15, -0.1) is 11.3 Å². The molecule has 288 valence electrons. The second-order valence-corrected chi connectivity index (χ2v) is 17.1. The summed E-state index contributed by atoms with van der Waals surface area (Å²) >= 11 is 1.88. The highest BCUT2D eigenvalue weighted by Gasteiger charge is 2.21. The number of fused-ring (bicyclic) bond motifs is 7. The van der Waals surface area contributed by atoms with E-state index in [1.807, 2.05) is 11.3 Å². The van der Waals surface area contributed by atoms with Crippen LogP contribution in [0.5, 0.6) is 0 Å². The summed E-state index contributed by atoms with van der Waals surface area (Å²) in [4.78, 5) is 2.45. The van der Waals surface area contributed by atoms with Crippen molar-refractivity contribution in [3.63, 3.8) is 0 Å². The monoisotopic (exact) mass is 796 g/mol. The third-order valence-electron chi connectivity index (χ3n) is 12.4. The van der Waals surface area contributed by atoms with Crippen molar-refractivity contribution < 1.29 is 0 Å². The van der Waals surface area contributed by atoms with Crippen molar-refractivity contribution >= 4 is 76.5 Å². The SMILES string of the molecule is C1=Cc2ccc(-c3cccc(-c4ccc(N(c5cccc(-n6c7ccccc7c7ccccc76)c5)c5ccccc5-c5cccc6c5sc5ccccc56)cc4)c3)cc2CC1. The van der Waals surface area contributed by atoms with Gasteiger partial charge in [0.15, 0.2) is 0 Å². The molecule has 2 heterocycles. The normalized spacial score (nSPS) is 12.4. The van der Waals surface area contributed by atoms with E-state index in [0.29, 0.717) is 0 Å². The Morgan fingerprint density at radius 2 is 1.08 bits per heavy atom. The number of hydrogen-bond acceptors (Lipinski definition) is 2. The number of anilines is 3. The highest BCUT2D eigenvalue weighted by molar-refractivity contribution is 7.26. The molecule has 2 aromatic heterocycles. The van der Waals surface area contributed by atoms with Crippen molar-refractivity contribution in [1.82, 2.24) is 4.57 Å². The summed E-state index contributed by atoms with van der Waals surface area (Å²) in [5, 5.41) is 5.11. The van der Waals surface area contributed by atoms with Gasteiger partial charge in [-0.25, -0.2) is 0 Å². The van der Waals surface area contributed by atoms with Gasteiger partial charge in [-0.3, -0.25) is 0 Å². The molecule has 0 radical (unpaired) electrons. The van der Waals surface area contributed by atoms with Gasteiger partial charge in [-0.2, -0.15) is 0 Å². The molecule has 61 heavy (non-hydrogen) atoms. The zero-order valence-corrected chi connectivity index (χ0v) is 34.3. The van der Waals surface area contributed by atoms with Crippen molar-refractivity contribution in [3.05, 3.63) is 223 Å². The Hall–Kier alpha value is -7.46. The Morgan fingerprint density at radius 3 is 1.92 bits per heavy atom. The molecule has 0 unspecified atom stereocenters. The molecule has 12 rings (SSSR count). The quantitative estimate of drug-likeness (QED) is 0.156. The van der Waals surface area contributed by atoms with Crippen LogP contribution in [0.15, 0.2) is 212 Å². The maximum atomic E-state index is 2.45. The van der Waals surface area contributed by atoms with Gasteiger partial charge in [0.05, 0.1) is 16.7 Å². The van der Waals surface area contributed by atoms with E-state index in [0.717, 1.165) is 35.6 Å². The van der Waals surface area contributed by atoms with Crippen LogP contribution in [-0.4, -0.2) is 4.57 Å². The first kappa shape index (κ1) is 35.5. The van der Waals surface area contributed by atoms with Crippen LogP contribution in [0.25, 0.3) is 87.1 Å². The van der Waals surface area contributed by atoms with Gasteiger partial charge in [0.2, 0.25) is 0 Å². The highest BCUT2D eigenvalue weighted by Crippen LogP contribution is 2.46. The maximum Gasteiger partial charge on any atom is 0.0541 e. The summed E-state index contributed by atoms with van der Waals surface area (Å²) in [7, 11) is 0. The molecule has 0 atom stereocenters. The number of aryl methyl sites for hydroxylation is 1. The van der Waals surface area contributed by atoms with Crippen LogP contribution in [0.2, 0.25) is 0 Å². The van der Waals surface area contributed by atoms with Crippen LogP contribution in [0, 0.1) is 0 Å². The number of hydrogen-bond donors (Lipinski definition) is 0. The van der Waals surface area contributed by atoms with Gasteiger partial charge in [0.25, 0.3) is 0 Å². The predicted octanol–water partition coefficient (Wildman–Crippen LogP) is 16.6. The van der Waals surface area contributed by atoms with Gasteiger partial charge in [0, 0.05) is 59.1 Å². The minimum Gasteiger partial charge on any atom is -0.310 e. The maximum absolute atomic E-state index is 2.45. The number of rotatable bonds is 7. The fraction of sp³-hybridized carbons (Fsp3) is 0.0345. The summed E-state index contributed by atoms with van der Waals surface area (Å²) < 4.78 is 5.02. The van der Waals surface area contributed by atoms with Crippen molar-refractivity contribution in [3.8, 4) is 39.1 Å². The van der Waals surface area contributed by atoms with E-state index in [-0.39, 0.29) is 0 Å². The molecule has 0 saturated heterocycles. The molecular formula is C58H40N2S. The molecule has 2 nitrogen and oxygen atoms in total. The molecule has 0 fully saturated rings. The largest absolute Gasteiger partial charge is 0.310 e. The third kappa shape index (κ3) is 6.08. The molecule has 0 N–H and O–H groups in total. The third-order valence-corrected chi connectivity index (χ3v) is 13.7. The number of thiophene rings is 1. The molecule has 9 aromatic carbocycles. The zero-order valence-electron chi connectivity index (χ0n) is 33.5. The lowest BCUT2D eigenvalue weighted by molar-refractivity contribution is 0.986. The van der Waals surface area contributed by atoms with Crippen LogP contribution in [0.3, 0.4) is 0 Å². The minimum absolute atomic E-state index is 1.09. The Kier molecular flexibility index (Phi) is 8.53. The standard InChI is InChI=1S/C58H40N2S/c1-2-15-41-37-44(31-30-39(41)14-1)43-17-11-16-42(36-43)40-32-34-45(35-33-40)59(46-18-12-19-47(38-46)60-55-27-8-3-20-48(55)49-21-4-9-28-56(49)60)54-26-7-5-22-50(54)52-24-13-25-53-51-23-6-10-29-57(51)61-58(52)53/h1,3-14,16-38H,2,15H2. The van der Waals surface area contributed by atoms with E-state index in [9.17, 15) is 0 Å². The van der Waals surface area contributed by atoms with E-state index in [4.69, 9.17) is 0 Å². The number of benzene rings is 9. The van der Waals surface area contributed by atoms with Gasteiger partial charge in [-0.05, 0) is 107 Å². The summed E-state index contributed by atoms with van der Waals surface area (Å²) in [5.41, 5.74) is 16.9. The molecule has 11 aromatic rings. The van der Waals surface area contributed by atoms with E-state index >= 15 is 0 Å². The zero-order chi connectivity index (χ0) is 40.3. The van der Waals surface area contributed by atoms with Crippen LogP contribution in [0.4, 0.5) is 17.1 Å². The Morgan fingerprint density at radius 1 is 0.443 bits per heavy atom. The van der Waals surface area contributed by atoms with Gasteiger partial charge in [0.1, 0.15) is 0 Å². The molecule has 1 aliphatic carbocycles. The first-order chi connectivity index (χ1) is 30.2. The number of para-hydroxylation sites is 3. The summed E-state index contributed by atoms with van der Waals surface area (Å²) in [6.07, 6.45) is 6.74. The smallest absolute Gasteiger partial charge is 0.0541 e. The van der Waals surface area contributed by atoms with Crippen molar-refractivity contribution in [2.24, 2.45) is 0 Å². The van der Waals surface area contributed by atoms with E-state index < -0.39 is 0 Å². The molecule has 0 spiro atoms. The average molecular weight is 797 g/mol. The fourth-order valence-corrected chi connectivity index (χ4v) is 10.8. The molecule has 0 aliphatic heterocycles. The van der Waals surface area contributed by atoms with E-state index in [1.54, 1.807) is 0 Å². The van der Waals surface area contributed by atoms with Crippen molar-refractivity contribution in [1.29, 1.82) is 0 Å².